The smallest absolute Gasteiger partial charge is 0.790 e. The van der Waals surface area contributed by atoms with Crippen LogP contribution in [0.1, 0.15) is 0 Å². The average molecular weight is 329 g/mol. The van der Waals surface area contributed by atoms with Gasteiger partial charge in [-0.2, -0.15) is 0 Å². The van der Waals surface area contributed by atoms with E-state index in [4.69, 9.17) is 15.4 Å². The molecule has 0 aromatic rings. The number of ether oxygens (including phenoxy) is 1. The molecule has 1 aliphatic rings. The van der Waals surface area contributed by atoms with Crippen LogP contribution in [0.3, 0.4) is 0 Å². The minimum absolute atomic E-state index is 0. The molecule has 1 unspecified atom stereocenters. The van der Waals surface area contributed by atoms with E-state index in [1.54, 1.807) is 0 Å². The molecule has 0 saturated carbocycles. The number of phosphoric ester groups is 1. The third kappa shape index (κ3) is 6.57. The standard InChI is InChI=1S/C6H12N3O8P.2Na/c7-9-8-3-5(12)4(11)2(1-10)16-6(3)17-18(13,14)15;;/h2-6,10-12H,1H2,(H2,13,14,15);;/q;2*+1/p-2/t2-,3-,4+,5-,6?;;/m1../s1. The van der Waals surface area contributed by atoms with E-state index in [2.05, 4.69) is 14.5 Å². The molecule has 1 fully saturated rings. The first-order valence-electron chi connectivity index (χ1n) is 4.67. The quantitative estimate of drug-likeness (QED) is 0.149. The van der Waals surface area contributed by atoms with Gasteiger partial charge in [-0.3, -0.25) is 0 Å². The van der Waals surface area contributed by atoms with E-state index in [1.165, 1.54) is 0 Å². The van der Waals surface area contributed by atoms with Crippen LogP contribution in [0.15, 0.2) is 5.11 Å². The number of azide groups is 1. The fourth-order valence-corrected chi connectivity index (χ4v) is 1.89. The van der Waals surface area contributed by atoms with Gasteiger partial charge in [-0.25, -0.2) is 0 Å². The van der Waals surface area contributed by atoms with Gasteiger partial charge >= 0.3 is 59.1 Å². The van der Waals surface area contributed by atoms with Crippen LogP contribution in [0.5, 0.6) is 0 Å². The Morgan fingerprint density at radius 1 is 1.35 bits per heavy atom. The molecule has 1 saturated heterocycles. The largest absolute Gasteiger partial charge is 1.00 e. The normalized spacial score (nSPS) is 33.4. The van der Waals surface area contributed by atoms with Gasteiger partial charge in [-0.05, 0) is 5.53 Å². The van der Waals surface area contributed by atoms with Crippen LogP contribution in [-0.2, 0) is 13.8 Å². The summed E-state index contributed by atoms with van der Waals surface area (Å²) in [7, 11) is -5.46. The van der Waals surface area contributed by atoms with Gasteiger partial charge in [0, 0.05) is 4.91 Å². The number of aliphatic hydroxyl groups is 3. The summed E-state index contributed by atoms with van der Waals surface area (Å²) in [6.45, 7) is -0.761. The van der Waals surface area contributed by atoms with E-state index in [0.717, 1.165) is 0 Å². The second kappa shape index (κ2) is 10.1. The van der Waals surface area contributed by atoms with Gasteiger partial charge in [0.15, 0.2) is 6.29 Å². The summed E-state index contributed by atoms with van der Waals surface area (Å²) in [5.41, 5.74) is 8.24. The number of phosphoric acid groups is 1. The molecule has 1 rings (SSSR count). The molecule has 11 nitrogen and oxygen atoms in total. The fraction of sp³-hybridized carbons (Fsp3) is 1.00. The number of nitrogens with zero attached hydrogens (tertiary/aromatic N) is 3. The van der Waals surface area contributed by atoms with Crippen LogP contribution >= 0.6 is 7.82 Å². The Labute approximate surface area is 157 Å². The molecule has 104 valence electrons. The Hall–Kier alpha value is 1.26. The molecule has 1 aliphatic heterocycles. The SMILES string of the molecule is [N-]=[N+]=N[C@H]1C(OP(=O)([O-])[O-])O[C@H](CO)[C@H](O)[C@@H]1O.[Na+].[Na+]. The first-order valence-corrected chi connectivity index (χ1v) is 6.13. The van der Waals surface area contributed by atoms with E-state index in [-0.39, 0.29) is 59.1 Å². The third-order valence-corrected chi connectivity index (χ3v) is 2.73. The minimum atomic E-state index is -5.46. The van der Waals surface area contributed by atoms with Crippen LogP contribution < -0.4 is 68.9 Å². The van der Waals surface area contributed by atoms with Crippen molar-refractivity contribution in [3.63, 3.8) is 0 Å². The maximum atomic E-state index is 10.5. The van der Waals surface area contributed by atoms with Gasteiger partial charge in [0.2, 0.25) is 0 Å². The number of hydrogen-bond acceptors (Lipinski definition) is 9. The van der Waals surface area contributed by atoms with E-state index in [1.807, 2.05) is 0 Å². The van der Waals surface area contributed by atoms with Gasteiger partial charge in [-0.1, -0.05) is 5.11 Å². The number of rotatable bonds is 4. The van der Waals surface area contributed by atoms with Gasteiger partial charge in [-0.15, -0.1) is 0 Å². The van der Waals surface area contributed by atoms with E-state index in [9.17, 15) is 24.6 Å². The molecule has 14 heteroatoms. The average Bonchev–Trinajstić information content (AvgIpc) is 2.26. The van der Waals surface area contributed by atoms with Crippen LogP contribution in [0.4, 0.5) is 0 Å². The first kappa shape index (κ1) is 23.5. The van der Waals surface area contributed by atoms with Crippen molar-refractivity contribution in [3.8, 4) is 0 Å². The Bertz CT molecular complexity index is 390. The van der Waals surface area contributed by atoms with Crippen LogP contribution in [0.25, 0.3) is 10.4 Å². The predicted molar refractivity (Wildman–Crippen MR) is 49.4 cm³/mol. The van der Waals surface area contributed by atoms with Crippen molar-refractivity contribution in [2.45, 2.75) is 30.6 Å². The van der Waals surface area contributed by atoms with Crippen molar-refractivity contribution in [3.05, 3.63) is 10.4 Å². The minimum Gasteiger partial charge on any atom is -0.790 e. The molecular formula is C6H10N3Na2O8P. The molecule has 1 heterocycles. The van der Waals surface area contributed by atoms with E-state index in [0.29, 0.717) is 0 Å². The second-order valence-corrected chi connectivity index (χ2v) is 4.56. The zero-order valence-corrected chi connectivity index (χ0v) is 15.7. The van der Waals surface area contributed by atoms with Gasteiger partial charge < -0.3 is 38.9 Å². The summed E-state index contributed by atoms with van der Waals surface area (Å²) < 4.78 is 19.2. The summed E-state index contributed by atoms with van der Waals surface area (Å²) in [6.07, 6.45) is -6.65. The summed E-state index contributed by atoms with van der Waals surface area (Å²) in [6, 6.07) is -1.64. The molecule has 0 spiro atoms. The summed E-state index contributed by atoms with van der Waals surface area (Å²) in [5, 5.41) is 30.8. The molecular weight excluding hydrogens is 319 g/mol. The molecule has 5 atom stereocenters. The zero-order chi connectivity index (χ0) is 13.9. The van der Waals surface area contributed by atoms with Gasteiger partial charge in [0.25, 0.3) is 0 Å². The van der Waals surface area contributed by atoms with Crippen LogP contribution in [0.2, 0.25) is 0 Å². The maximum Gasteiger partial charge on any atom is 1.00 e. The monoisotopic (exact) mass is 329 g/mol. The predicted octanol–water partition coefficient (Wildman–Crippen LogP) is -9.04. The number of aliphatic hydroxyl groups excluding tert-OH is 3. The van der Waals surface area contributed by atoms with Crippen molar-refractivity contribution >= 4 is 7.82 Å². The van der Waals surface area contributed by atoms with Crippen molar-refractivity contribution in [2.75, 3.05) is 6.61 Å². The van der Waals surface area contributed by atoms with Crippen molar-refractivity contribution < 1.29 is 98.0 Å². The Morgan fingerprint density at radius 3 is 2.30 bits per heavy atom. The summed E-state index contributed by atoms with van der Waals surface area (Å²) >= 11 is 0. The van der Waals surface area contributed by atoms with Gasteiger partial charge in [0.1, 0.15) is 18.2 Å². The molecule has 0 bridgehead atoms. The molecule has 0 amide bonds. The summed E-state index contributed by atoms with van der Waals surface area (Å²) in [5.74, 6) is 0. The Balaban J connectivity index is 0. The third-order valence-electron chi connectivity index (χ3n) is 2.27. The van der Waals surface area contributed by atoms with E-state index >= 15 is 0 Å². The Kier molecular flexibility index (Phi) is 11.9. The van der Waals surface area contributed by atoms with Gasteiger partial charge in [0.05, 0.1) is 20.5 Å². The molecule has 0 radical (unpaired) electrons. The van der Waals surface area contributed by atoms with Crippen LogP contribution in [0, 0.1) is 0 Å². The molecule has 0 aromatic heterocycles. The Morgan fingerprint density at radius 2 is 1.90 bits per heavy atom. The molecule has 20 heavy (non-hydrogen) atoms. The first-order chi connectivity index (χ1) is 8.30. The molecule has 0 aromatic carbocycles. The van der Waals surface area contributed by atoms with Crippen LogP contribution in [-0.4, -0.2) is 52.6 Å². The summed E-state index contributed by atoms with van der Waals surface area (Å²) in [4.78, 5) is 23.2. The second-order valence-electron chi connectivity index (χ2n) is 3.45. The maximum absolute atomic E-state index is 10.5. The van der Waals surface area contributed by atoms with Crippen molar-refractivity contribution in [1.29, 1.82) is 0 Å². The van der Waals surface area contributed by atoms with Crippen molar-refractivity contribution in [2.24, 2.45) is 5.11 Å². The van der Waals surface area contributed by atoms with Crippen molar-refractivity contribution in [1.82, 2.24) is 0 Å². The molecule has 3 N–H and O–H groups in total. The fourth-order valence-electron chi connectivity index (χ4n) is 1.46. The molecule has 0 aliphatic carbocycles. The zero-order valence-electron chi connectivity index (χ0n) is 10.8. The number of hydrogen-bond donors (Lipinski definition) is 3. The topological polar surface area (TPSA) is 191 Å². The van der Waals surface area contributed by atoms with E-state index < -0.39 is 45.1 Å².